The fraction of sp³-hybridized carbons (Fsp3) is 0.500. The van der Waals surface area contributed by atoms with Gasteiger partial charge in [-0.3, -0.25) is 19.1 Å². The SMILES string of the molecule is C=C(CC[C@@H]1N=C(c2ccccn2)c2cc(Br)ccc2CC1OP(=O)(N1CCOCC1)N1CCOCC1)OC. The molecule has 1 aromatic heterocycles. The molecule has 3 aliphatic rings. The molecule has 2 fully saturated rings. The number of hydrogen-bond donors (Lipinski definition) is 0. The van der Waals surface area contributed by atoms with Crippen LogP contribution in [-0.2, 0) is 29.7 Å². The molecule has 39 heavy (non-hydrogen) atoms. The second-order valence-corrected chi connectivity index (χ2v) is 13.1. The standard InChI is InChI=1S/C28H36BrN4O5P/c1-21(35-2)6-9-25-27(38-39(34,32-11-15-36-16-12-32)33-13-17-37-18-14-33)19-22-7-8-23(29)20-24(22)28(31-25)26-5-3-4-10-30-26/h3-5,7-8,10,20,25,27H,1,6,9,11-19H2,2H3/t25-,27?/m0/s1. The van der Waals surface area contributed by atoms with E-state index in [0.717, 1.165) is 27.0 Å². The van der Waals surface area contributed by atoms with Gasteiger partial charge in [0.1, 0.15) is 0 Å². The van der Waals surface area contributed by atoms with Crippen LogP contribution in [0.2, 0.25) is 0 Å². The van der Waals surface area contributed by atoms with Gasteiger partial charge in [0.2, 0.25) is 0 Å². The molecule has 2 saturated heterocycles. The lowest BCUT2D eigenvalue weighted by Gasteiger charge is -2.43. The summed E-state index contributed by atoms with van der Waals surface area (Å²) in [7, 11) is -1.77. The number of morpholine rings is 2. The molecule has 0 N–H and O–H groups in total. The third-order valence-electron chi connectivity index (χ3n) is 7.35. The number of fused-ring (bicyclic) bond motifs is 1. The van der Waals surface area contributed by atoms with Gasteiger partial charge in [-0.2, -0.15) is 0 Å². The highest BCUT2D eigenvalue weighted by molar-refractivity contribution is 9.10. The van der Waals surface area contributed by atoms with Crippen molar-refractivity contribution in [3.05, 3.63) is 76.2 Å². The minimum absolute atomic E-state index is 0.296. The number of nitrogens with zero attached hydrogens (tertiary/aromatic N) is 4. The molecule has 210 valence electrons. The topological polar surface area (TPSA) is 85.7 Å². The summed E-state index contributed by atoms with van der Waals surface area (Å²) in [4.78, 5) is 9.93. The number of allylic oxidation sites excluding steroid dienone is 1. The van der Waals surface area contributed by atoms with E-state index in [-0.39, 0.29) is 6.04 Å². The molecule has 1 aromatic carbocycles. The summed E-state index contributed by atoms with van der Waals surface area (Å²) in [6.45, 7) is 8.35. The highest BCUT2D eigenvalue weighted by Crippen LogP contribution is 2.56. The fourth-order valence-corrected chi connectivity index (χ4v) is 8.09. The molecule has 0 saturated carbocycles. The Balaban J connectivity index is 1.57. The van der Waals surface area contributed by atoms with Crippen LogP contribution in [0.5, 0.6) is 0 Å². The van der Waals surface area contributed by atoms with Crippen molar-refractivity contribution >= 4 is 29.3 Å². The first-order valence-corrected chi connectivity index (χ1v) is 15.7. The Morgan fingerprint density at radius 2 is 1.79 bits per heavy atom. The maximum absolute atomic E-state index is 15.0. The molecule has 9 nitrogen and oxygen atoms in total. The molecular formula is C28H36BrN4O5P. The zero-order valence-electron chi connectivity index (χ0n) is 22.3. The van der Waals surface area contributed by atoms with Crippen LogP contribution in [0, 0.1) is 0 Å². The Kier molecular flexibility index (Phi) is 9.66. The molecule has 2 aromatic rings. The van der Waals surface area contributed by atoms with E-state index in [2.05, 4.69) is 39.6 Å². The van der Waals surface area contributed by atoms with E-state index in [1.165, 1.54) is 0 Å². The largest absolute Gasteiger partial charge is 0.502 e. The van der Waals surface area contributed by atoms with Crippen LogP contribution in [0.15, 0.2) is 64.4 Å². The van der Waals surface area contributed by atoms with Crippen molar-refractivity contribution in [1.82, 2.24) is 14.3 Å². The Morgan fingerprint density at radius 3 is 2.41 bits per heavy atom. The van der Waals surface area contributed by atoms with Crippen molar-refractivity contribution in [2.45, 2.75) is 31.4 Å². The monoisotopic (exact) mass is 618 g/mol. The zero-order chi connectivity index (χ0) is 27.2. The number of methoxy groups -OCH3 is 1. The van der Waals surface area contributed by atoms with Gasteiger partial charge in [-0.05, 0) is 36.2 Å². The van der Waals surface area contributed by atoms with E-state index < -0.39 is 13.8 Å². The number of benzene rings is 1. The van der Waals surface area contributed by atoms with Crippen LogP contribution < -0.4 is 0 Å². The second kappa shape index (κ2) is 13.2. The zero-order valence-corrected chi connectivity index (χ0v) is 24.8. The van der Waals surface area contributed by atoms with E-state index in [9.17, 15) is 4.57 Å². The molecule has 0 bridgehead atoms. The lowest BCUT2D eigenvalue weighted by molar-refractivity contribution is 0.0277. The van der Waals surface area contributed by atoms with Gasteiger partial charge in [-0.25, -0.2) is 9.34 Å². The fourth-order valence-electron chi connectivity index (χ4n) is 5.20. The molecule has 4 heterocycles. The van der Waals surface area contributed by atoms with E-state index in [1.807, 2.05) is 33.6 Å². The van der Waals surface area contributed by atoms with Gasteiger partial charge in [0, 0.05) is 55.3 Å². The van der Waals surface area contributed by atoms with Gasteiger partial charge in [0.15, 0.2) is 0 Å². The molecule has 0 aliphatic carbocycles. The molecule has 0 amide bonds. The highest BCUT2D eigenvalue weighted by atomic mass is 79.9. The minimum Gasteiger partial charge on any atom is -0.502 e. The molecule has 5 rings (SSSR count). The summed E-state index contributed by atoms with van der Waals surface area (Å²) < 4.78 is 43.3. The Morgan fingerprint density at radius 1 is 1.10 bits per heavy atom. The summed E-state index contributed by atoms with van der Waals surface area (Å²) in [5.41, 5.74) is 3.67. The van der Waals surface area contributed by atoms with E-state index in [1.54, 1.807) is 13.3 Å². The first-order chi connectivity index (χ1) is 19.0. The van der Waals surface area contributed by atoms with Gasteiger partial charge in [0.25, 0.3) is 0 Å². The first-order valence-electron chi connectivity index (χ1n) is 13.4. The summed E-state index contributed by atoms with van der Waals surface area (Å²) >= 11 is 3.64. The highest BCUT2D eigenvalue weighted by Gasteiger charge is 2.44. The van der Waals surface area contributed by atoms with Gasteiger partial charge >= 0.3 is 7.67 Å². The maximum Gasteiger partial charge on any atom is 0.346 e. The van der Waals surface area contributed by atoms with Crippen molar-refractivity contribution in [3.8, 4) is 0 Å². The number of aromatic nitrogens is 1. The van der Waals surface area contributed by atoms with Crippen LogP contribution in [0.3, 0.4) is 0 Å². The molecule has 2 atom stereocenters. The summed E-state index contributed by atoms with van der Waals surface area (Å²) in [6.07, 6.45) is 3.15. The van der Waals surface area contributed by atoms with E-state index >= 15 is 0 Å². The lowest BCUT2D eigenvalue weighted by atomic mass is 9.96. The van der Waals surface area contributed by atoms with Crippen LogP contribution in [0.25, 0.3) is 0 Å². The molecule has 1 unspecified atom stereocenters. The third-order valence-corrected chi connectivity index (χ3v) is 10.6. The number of halogens is 1. The summed E-state index contributed by atoms with van der Waals surface area (Å²) in [5, 5.41) is 0. The average Bonchev–Trinajstić information content (AvgIpc) is 3.13. The van der Waals surface area contributed by atoms with Gasteiger partial charge in [-0.1, -0.05) is 34.6 Å². The average molecular weight is 619 g/mol. The summed E-state index contributed by atoms with van der Waals surface area (Å²) in [6, 6.07) is 11.8. The van der Waals surface area contributed by atoms with Crippen molar-refractivity contribution in [2.24, 2.45) is 4.99 Å². The van der Waals surface area contributed by atoms with E-state index in [0.29, 0.717) is 77.6 Å². The number of aliphatic imine (C=N–C) groups is 1. The Hall–Kier alpha value is -1.91. The number of rotatable bonds is 9. The number of hydrogen-bond acceptors (Lipinski definition) is 7. The maximum atomic E-state index is 15.0. The Bertz CT molecular complexity index is 1200. The number of pyridine rings is 1. The van der Waals surface area contributed by atoms with Gasteiger partial charge in [-0.15, -0.1) is 0 Å². The van der Waals surface area contributed by atoms with Crippen LogP contribution >= 0.6 is 23.6 Å². The smallest absolute Gasteiger partial charge is 0.346 e. The van der Waals surface area contributed by atoms with Crippen molar-refractivity contribution < 1.29 is 23.3 Å². The van der Waals surface area contributed by atoms with Crippen molar-refractivity contribution in [2.75, 3.05) is 59.7 Å². The summed E-state index contributed by atoms with van der Waals surface area (Å²) in [5.74, 6) is 0.678. The molecule has 0 radical (unpaired) electrons. The molecule has 11 heteroatoms. The second-order valence-electron chi connectivity index (χ2n) is 9.81. The van der Waals surface area contributed by atoms with Gasteiger partial charge < -0.3 is 14.2 Å². The van der Waals surface area contributed by atoms with Gasteiger partial charge in [0.05, 0.1) is 62.8 Å². The quantitative estimate of drug-likeness (QED) is 0.295. The van der Waals surface area contributed by atoms with Crippen molar-refractivity contribution in [1.29, 1.82) is 0 Å². The lowest BCUT2D eigenvalue weighted by Crippen LogP contribution is -2.45. The Labute approximate surface area is 238 Å². The molecule has 0 spiro atoms. The minimum atomic E-state index is -3.40. The number of ether oxygens (including phenoxy) is 3. The van der Waals surface area contributed by atoms with Crippen LogP contribution in [0.4, 0.5) is 0 Å². The molecule has 3 aliphatic heterocycles. The van der Waals surface area contributed by atoms with Crippen molar-refractivity contribution in [3.63, 3.8) is 0 Å². The molecular weight excluding hydrogens is 583 g/mol. The first kappa shape index (κ1) is 28.6. The van der Waals surface area contributed by atoms with Crippen LogP contribution in [-0.4, -0.2) is 91.9 Å². The third kappa shape index (κ3) is 6.70. The predicted molar refractivity (Wildman–Crippen MR) is 154 cm³/mol. The van der Waals surface area contributed by atoms with Crippen LogP contribution in [0.1, 0.15) is 29.7 Å². The predicted octanol–water partition coefficient (Wildman–Crippen LogP) is 4.70. The van der Waals surface area contributed by atoms with E-state index in [4.69, 9.17) is 23.7 Å². The normalized spacial score (nSPS) is 23.0.